The van der Waals surface area contributed by atoms with E-state index in [2.05, 4.69) is 47.7 Å². The van der Waals surface area contributed by atoms with E-state index in [9.17, 15) is 0 Å². The number of aryl methyl sites for hydroxylation is 2. The number of hydrogen-bond donors (Lipinski definition) is 2. The molecule has 4 nitrogen and oxygen atoms in total. The molecule has 1 heterocycles. The third kappa shape index (κ3) is 3.69. The van der Waals surface area contributed by atoms with Crippen LogP contribution in [0.4, 0.5) is 5.13 Å². The molecule has 1 aromatic heterocycles. The van der Waals surface area contributed by atoms with Gasteiger partial charge in [0.1, 0.15) is 5.01 Å². The van der Waals surface area contributed by atoms with E-state index >= 15 is 0 Å². The lowest BCUT2D eigenvalue weighted by molar-refractivity contribution is 1.03. The van der Waals surface area contributed by atoms with Crippen LogP contribution in [0.1, 0.15) is 21.7 Å². The molecule has 0 bridgehead atoms. The van der Waals surface area contributed by atoms with E-state index in [-0.39, 0.29) is 0 Å². The molecule has 0 aliphatic rings. The average Bonchev–Trinajstić information content (AvgIpc) is 2.76. The summed E-state index contributed by atoms with van der Waals surface area (Å²) in [5.74, 6) is 7.13. The first-order valence-electron chi connectivity index (χ1n) is 5.61. The first-order valence-corrected chi connectivity index (χ1v) is 7.58. The number of rotatable bonds is 5. The Morgan fingerprint density at radius 2 is 1.89 bits per heavy atom. The molecular formula is C12H16N4S2. The molecule has 0 spiro atoms. The number of nitrogens with zero attached hydrogens (tertiary/aromatic N) is 2. The molecule has 0 saturated heterocycles. The fourth-order valence-corrected chi connectivity index (χ4v) is 3.45. The van der Waals surface area contributed by atoms with Gasteiger partial charge >= 0.3 is 0 Å². The smallest absolute Gasteiger partial charge is 0.219 e. The molecule has 0 fully saturated rings. The molecule has 18 heavy (non-hydrogen) atoms. The van der Waals surface area contributed by atoms with Crippen LogP contribution in [0.2, 0.25) is 0 Å². The summed E-state index contributed by atoms with van der Waals surface area (Å²) in [6.07, 6.45) is 0. The molecule has 0 saturated carbocycles. The van der Waals surface area contributed by atoms with Gasteiger partial charge in [-0.05, 0) is 19.4 Å². The number of nitrogens with one attached hydrogen (secondary N) is 1. The highest BCUT2D eigenvalue weighted by Crippen LogP contribution is 2.22. The van der Waals surface area contributed by atoms with Crippen molar-refractivity contribution < 1.29 is 0 Å². The van der Waals surface area contributed by atoms with E-state index in [1.54, 1.807) is 0 Å². The topological polar surface area (TPSA) is 63.8 Å². The minimum atomic E-state index is 0.664. The number of anilines is 1. The Morgan fingerprint density at radius 1 is 1.17 bits per heavy atom. The van der Waals surface area contributed by atoms with Gasteiger partial charge in [-0.1, -0.05) is 40.7 Å². The number of hydrogen-bond acceptors (Lipinski definition) is 6. The highest BCUT2D eigenvalue weighted by molar-refractivity contribution is 7.97. The first kappa shape index (κ1) is 13.3. The van der Waals surface area contributed by atoms with Gasteiger partial charge in [0.05, 0.1) is 0 Å². The van der Waals surface area contributed by atoms with Gasteiger partial charge in [-0.3, -0.25) is 5.43 Å². The molecule has 6 heteroatoms. The van der Waals surface area contributed by atoms with E-state index in [0.29, 0.717) is 5.13 Å². The second kappa shape index (κ2) is 6.17. The van der Waals surface area contributed by atoms with Crippen molar-refractivity contribution >= 4 is 28.2 Å². The number of nitrogens with two attached hydrogens (primary N) is 1. The van der Waals surface area contributed by atoms with Crippen LogP contribution in [0.5, 0.6) is 0 Å². The first-order chi connectivity index (χ1) is 8.67. The van der Waals surface area contributed by atoms with Gasteiger partial charge in [0.15, 0.2) is 0 Å². The lowest BCUT2D eigenvalue weighted by Gasteiger charge is -2.03. The second-order valence-corrected chi connectivity index (χ2v) is 6.18. The highest BCUT2D eigenvalue weighted by atomic mass is 32.2. The zero-order valence-electron chi connectivity index (χ0n) is 10.4. The fourth-order valence-electron chi connectivity index (χ4n) is 1.78. The van der Waals surface area contributed by atoms with Crippen molar-refractivity contribution in [2.45, 2.75) is 25.4 Å². The Bertz CT molecular complexity index is 504. The number of thioether (sulfide) groups is 1. The Labute approximate surface area is 115 Å². The standard InChI is InChI=1S/C12H16N4S2/c1-8-3-9(2)5-10(4-8)6-17-7-11-15-16-12(14-13)18-11/h3-5H,6-7,13H2,1-2H3,(H,14,16). The summed E-state index contributed by atoms with van der Waals surface area (Å²) in [4.78, 5) is 0. The zero-order chi connectivity index (χ0) is 13.0. The van der Waals surface area contributed by atoms with Crippen LogP contribution >= 0.6 is 23.1 Å². The quantitative estimate of drug-likeness (QED) is 0.651. The van der Waals surface area contributed by atoms with Crippen molar-refractivity contribution in [3.8, 4) is 0 Å². The van der Waals surface area contributed by atoms with Crippen LogP contribution in [0.3, 0.4) is 0 Å². The van der Waals surface area contributed by atoms with E-state index in [4.69, 9.17) is 5.84 Å². The number of benzene rings is 1. The summed E-state index contributed by atoms with van der Waals surface area (Å²) in [5.41, 5.74) is 6.50. The molecule has 0 radical (unpaired) electrons. The molecule has 2 rings (SSSR count). The second-order valence-electron chi connectivity index (χ2n) is 4.13. The van der Waals surface area contributed by atoms with Crippen molar-refractivity contribution in [1.82, 2.24) is 10.2 Å². The summed E-state index contributed by atoms with van der Waals surface area (Å²) in [5, 5.41) is 9.63. The van der Waals surface area contributed by atoms with Gasteiger partial charge in [-0.15, -0.1) is 22.0 Å². The zero-order valence-corrected chi connectivity index (χ0v) is 12.1. The summed E-state index contributed by atoms with van der Waals surface area (Å²) >= 11 is 3.34. The minimum absolute atomic E-state index is 0.664. The maximum absolute atomic E-state index is 5.27. The molecular weight excluding hydrogens is 264 g/mol. The number of aromatic nitrogens is 2. The molecule has 1 aromatic carbocycles. The van der Waals surface area contributed by atoms with Crippen molar-refractivity contribution in [3.63, 3.8) is 0 Å². The molecule has 0 atom stereocenters. The molecule has 0 aliphatic heterocycles. The Kier molecular flexibility index (Phi) is 4.57. The van der Waals surface area contributed by atoms with E-state index in [1.807, 2.05) is 11.8 Å². The van der Waals surface area contributed by atoms with Crippen molar-refractivity contribution in [3.05, 3.63) is 39.9 Å². The third-order valence-corrected chi connectivity index (χ3v) is 4.42. The predicted octanol–water partition coefficient (Wildman–Crippen LogP) is 2.87. The SMILES string of the molecule is Cc1cc(C)cc(CSCc2nnc(NN)s2)c1. The number of nitrogen functional groups attached to an aromatic ring is 1. The average molecular weight is 280 g/mol. The van der Waals surface area contributed by atoms with E-state index in [1.165, 1.54) is 28.0 Å². The molecule has 2 aromatic rings. The summed E-state index contributed by atoms with van der Waals surface area (Å²) < 4.78 is 0. The lowest BCUT2D eigenvalue weighted by atomic mass is 10.1. The van der Waals surface area contributed by atoms with E-state index in [0.717, 1.165) is 16.5 Å². The van der Waals surface area contributed by atoms with Gasteiger partial charge in [-0.2, -0.15) is 0 Å². The highest BCUT2D eigenvalue weighted by Gasteiger charge is 2.03. The third-order valence-electron chi connectivity index (χ3n) is 2.37. The minimum Gasteiger partial charge on any atom is -0.298 e. The molecule has 0 amide bonds. The molecule has 3 N–H and O–H groups in total. The number of hydrazine groups is 1. The van der Waals surface area contributed by atoms with Gasteiger partial charge in [0, 0.05) is 11.5 Å². The fraction of sp³-hybridized carbons (Fsp3) is 0.333. The van der Waals surface area contributed by atoms with Crippen LogP contribution in [0, 0.1) is 13.8 Å². The lowest BCUT2D eigenvalue weighted by Crippen LogP contribution is -2.05. The Hall–Kier alpha value is -1.11. The summed E-state index contributed by atoms with van der Waals surface area (Å²) in [6.45, 7) is 4.26. The maximum atomic E-state index is 5.27. The van der Waals surface area contributed by atoms with Crippen LogP contribution in [-0.4, -0.2) is 10.2 Å². The Morgan fingerprint density at radius 3 is 2.50 bits per heavy atom. The van der Waals surface area contributed by atoms with Gasteiger partial charge in [0.2, 0.25) is 5.13 Å². The summed E-state index contributed by atoms with van der Waals surface area (Å²) in [7, 11) is 0. The predicted molar refractivity (Wildman–Crippen MR) is 78.6 cm³/mol. The molecule has 0 unspecified atom stereocenters. The largest absolute Gasteiger partial charge is 0.298 e. The van der Waals surface area contributed by atoms with Gasteiger partial charge in [-0.25, -0.2) is 5.84 Å². The molecule has 0 aliphatic carbocycles. The normalized spacial score (nSPS) is 10.6. The van der Waals surface area contributed by atoms with Crippen molar-refractivity contribution in [2.75, 3.05) is 5.43 Å². The molecule has 96 valence electrons. The van der Waals surface area contributed by atoms with Crippen LogP contribution in [-0.2, 0) is 11.5 Å². The van der Waals surface area contributed by atoms with Gasteiger partial charge in [0.25, 0.3) is 0 Å². The van der Waals surface area contributed by atoms with Gasteiger partial charge < -0.3 is 0 Å². The maximum Gasteiger partial charge on any atom is 0.219 e. The summed E-state index contributed by atoms with van der Waals surface area (Å²) in [6, 6.07) is 6.65. The van der Waals surface area contributed by atoms with Crippen LogP contribution < -0.4 is 11.3 Å². The van der Waals surface area contributed by atoms with Crippen molar-refractivity contribution in [1.29, 1.82) is 0 Å². The van der Waals surface area contributed by atoms with Crippen LogP contribution in [0.25, 0.3) is 0 Å². The van der Waals surface area contributed by atoms with E-state index < -0.39 is 0 Å². The Balaban J connectivity index is 1.88. The van der Waals surface area contributed by atoms with Crippen molar-refractivity contribution in [2.24, 2.45) is 5.84 Å². The van der Waals surface area contributed by atoms with Crippen LogP contribution in [0.15, 0.2) is 18.2 Å². The monoisotopic (exact) mass is 280 g/mol.